The van der Waals surface area contributed by atoms with E-state index < -0.39 is 17.2 Å². The van der Waals surface area contributed by atoms with Gasteiger partial charge in [-0.2, -0.15) is 9.78 Å². The van der Waals surface area contributed by atoms with Crippen LogP contribution in [0.4, 0.5) is 5.69 Å². The fraction of sp³-hybridized carbons (Fsp3) is 0.150. The predicted molar refractivity (Wildman–Crippen MR) is 102 cm³/mol. The normalized spacial score (nSPS) is 10.5. The van der Waals surface area contributed by atoms with Crippen LogP contribution in [0.15, 0.2) is 53.3 Å². The number of hydrogen-bond acceptors (Lipinski definition) is 5. The Morgan fingerprint density at radius 2 is 1.78 bits per heavy atom. The molecule has 0 aliphatic carbocycles. The van der Waals surface area contributed by atoms with Gasteiger partial charge in [0.05, 0.1) is 7.11 Å². The molecule has 0 bridgehead atoms. The number of para-hydroxylation sites is 3. The Morgan fingerprint density at radius 3 is 2.44 bits per heavy atom. The summed E-state index contributed by atoms with van der Waals surface area (Å²) in [7, 11) is 1.47. The van der Waals surface area contributed by atoms with Gasteiger partial charge in [-0.05, 0) is 37.1 Å². The monoisotopic (exact) mass is 365 g/mol. The molecule has 0 aliphatic heterocycles. The minimum absolute atomic E-state index is 0.261. The Balaban J connectivity index is 2.06. The van der Waals surface area contributed by atoms with Crippen molar-refractivity contribution in [3.63, 3.8) is 0 Å². The molecule has 7 heteroatoms. The molecule has 0 radical (unpaired) electrons. The number of nitrogens with one attached hydrogen (secondary N) is 1. The summed E-state index contributed by atoms with van der Waals surface area (Å²) in [5.74, 6) is -0.692. The average Bonchev–Trinajstić information content (AvgIpc) is 2.65. The molecule has 2 N–H and O–H groups in total. The van der Waals surface area contributed by atoms with Crippen LogP contribution in [0.5, 0.6) is 11.5 Å². The number of anilines is 1. The highest BCUT2D eigenvalue weighted by molar-refractivity contribution is 6.05. The molecule has 3 rings (SSSR count). The summed E-state index contributed by atoms with van der Waals surface area (Å²) in [6.07, 6.45) is 0. The van der Waals surface area contributed by atoms with Crippen LogP contribution in [0.2, 0.25) is 0 Å². The quantitative estimate of drug-likeness (QED) is 0.742. The van der Waals surface area contributed by atoms with Gasteiger partial charge in [0.1, 0.15) is 11.4 Å². The maximum Gasteiger partial charge on any atom is 0.280 e. The minimum Gasteiger partial charge on any atom is -0.505 e. The van der Waals surface area contributed by atoms with Gasteiger partial charge < -0.3 is 15.2 Å². The van der Waals surface area contributed by atoms with Crippen molar-refractivity contribution in [2.24, 2.45) is 0 Å². The lowest BCUT2D eigenvalue weighted by atomic mass is 10.1. The Kier molecular flexibility index (Phi) is 4.94. The number of benzene rings is 2. The molecule has 27 heavy (non-hydrogen) atoms. The molecule has 0 saturated heterocycles. The van der Waals surface area contributed by atoms with Crippen molar-refractivity contribution in [3.8, 4) is 17.2 Å². The lowest BCUT2D eigenvalue weighted by molar-refractivity contribution is 0.101. The van der Waals surface area contributed by atoms with E-state index in [0.717, 1.165) is 21.9 Å². The molecule has 1 amide bonds. The zero-order valence-corrected chi connectivity index (χ0v) is 15.2. The van der Waals surface area contributed by atoms with E-state index in [4.69, 9.17) is 4.74 Å². The third-order valence-corrected chi connectivity index (χ3v) is 4.16. The van der Waals surface area contributed by atoms with Gasteiger partial charge in [-0.1, -0.05) is 30.3 Å². The maximum absolute atomic E-state index is 12.7. The highest BCUT2D eigenvalue weighted by Crippen LogP contribution is 2.23. The largest absolute Gasteiger partial charge is 0.505 e. The number of aryl methyl sites for hydroxylation is 2. The lowest BCUT2D eigenvalue weighted by Crippen LogP contribution is -2.25. The Bertz CT molecular complexity index is 1050. The summed E-state index contributed by atoms with van der Waals surface area (Å²) >= 11 is 0. The third kappa shape index (κ3) is 3.52. The number of carbonyl (C=O) groups excluding carboxylic acids is 1. The summed E-state index contributed by atoms with van der Waals surface area (Å²) in [6, 6.07) is 13.4. The molecule has 2 aromatic carbocycles. The van der Waals surface area contributed by atoms with Crippen LogP contribution in [-0.4, -0.2) is 27.9 Å². The third-order valence-electron chi connectivity index (χ3n) is 4.16. The van der Waals surface area contributed by atoms with E-state index in [1.165, 1.54) is 7.11 Å². The van der Waals surface area contributed by atoms with Gasteiger partial charge in [-0.25, -0.2) is 0 Å². The number of rotatable bonds is 4. The van der Waals surface area contributed by atoms with Crippen molar-refractivity contribution in [1.29, 1.82) is 0 Å². The molecule has 1 aromatic heterocycles. The molecule has 0 fully saturated rings. The molecular formula is C20H19N3O4. The second-order valence-electron chi connectivity index (χ2n) is 6.02. The van der Waals surface area contributed by atoms with Gasteiger partial charge in [-0.3, -0.25) is 9.59 Å². The molecule has 0 saturated carbocycles. The van der Waals surface area contributed by atoms with Crippen LogP contribution in [0.1, 0.15) is 21.6 Å². The van der Waals surface area contributed by atoms with Crippen molar-refractivity contribution >= 4 is 11.6 Å². The number of ether oxygens (including phenoxy) is 1. The maximum atomic E-state index is 12.7. The first-order valence-electron chi connectivity index (χ1n) is 8.26. The van der Waals surface area contributed by atoms with Crippen molar-refractivity contribution in [2.45, 2.75) is 13.8 Å². The van der Waals surface area contributed by atoms with Crippen molar-refractivity contribution in [3.05, 3.63) is 75.7 Å². The SMILES string of the molecule is COc1ccccc1-n1nc(C(=O)Nc2c(C)cccc2C)c(O)cc1=O. The molecule has 0 spiro atoms. The van der Waals surface area contributed by atoms with Crippen molar-refractivity contribution < 1.29 is 14.6 Å². The first-order chi connectivity index (χ1) is 12.9. The Hall–Kier alpha value is -3.61. The summed E-state index contributed by atoms with van der Waals surface area (Å²) in [4.78, 5) is 25.0. The predicted octanol–water partition coefficient (Wildman–Crippen LogP) is 2.82. The highest BCUT2D eigenvalue weighted by Gasteiger charge is 2.19. The number of methoxy groups -OCH3 is 1. The van der Waals surface area contributed by atoms with Gasteiger partial charge in [0.15, 0.2) is 11.4 Å². The number of carbonyl (C=O) groups is 1. The number of nitrogens with zero attached hydrogens (tertiary/aromatic N) is 2. The summed E-state index contributed by atoms with van der Waals surface area (Å²) in [6.45, 7) is 3.73. The topological polar surface area (TPSA) is 93.5 Å². The second-order valence-corrected chi connectivity index (χ2v) is 6.02. The molecule has 138 valence electrons. The van der Waals surface area contributed by atoms with Gasteiger partial charge >= 0.3 is 0 Å². The highest BCUT2D eigenvalue weighted by atomic mass is 16.5. The van der Waals surface area contributed by atoms with E-state index in [1.807, 2.05) is 32.0 Å². The molecule has 1 heterocycles. The van der Waals surface area contributed by atoms with Crippen molar-refractivity contribution in [1.82, 2.24) is 9.78 Å². The van der Waals surface area contributed by atoms with Gasteiger partial charge in [0.2, 0.25) is 0 Å². The average molecular weight is 365 g/mol. The smallest absolute Gasteiger partial charge is 0.280 e. The van der Waals surface area contributed by atoms with E-state index in [0.29, 0.717) is 17.1 Å². The van der Waals surface area contributed by atoms with Crippen LogP contribution in [0, 0.1) is 13.8 Å². The van der Waals surface area contributed by atoms with E-state index in [1.54, 1.807) is 24.3 Å². The standard InChI is InChI=1S/C20H19N3O4/c1-12-7-6-8-13(2)18(12)21-20(26)19-15(24)11-17(25)23(22-19)14-9-4-5-10-16(14)27-3/h4-11,24H,1-3H3,(H,21,26). The van der Waals surface area contributed by atoms with Crippen LogP contribution in [-0.2, 0) is 0 Å². The van der Waals surface area contributed by atoms with Crippen LogP contribution in [0.25, 0.3) is 5.69 Å². The van der Waals surface area contributed by atoms with Gasteiger partial charge in [0, 0.05) is 11.8 Å². The van der Waals surface area contributed by atoms with Crippen LogP contribution in [0.3, 0.4) is 0 Å². The first-order valence-corrected chi connectivity index (χ1v) is 8.26. The molecule has 3 aromatic rings. The fourth-order valence-corrected chi connectivity index (χ4v) is 2.77. The second kappa shape index (κ2) is 7.33. The Morgan fingerprint density at radius 1 is 1.11 bits per heavy atom. The van der Waals surface area contributed by atoms with Crippen LogP contribution >= 0.6 is 0 Å². The van der Waals surface area contributed by atoms with Gasteiger partial charge in [-0.15, -0.1) is 0 Å². The number of aromatic hydroxyl groups is 1. The fourth-order valence-electron chi connectivity index (χ4n) is 2.77. The molecule has 0 aliphatic rings. The Labute approximate surface area is 155 Å². The summed E-state index contributed by atoms with van der Waals surface area (Å²) in [5, 5.41) is 16.9. The van der Waals surface area contributed by atoms with E-state index in [-0.39, 0.29) is 5.69 Å². The first kappa shape index (κ1) is 18.2. The molecule has 7 nitrogen and oxygen atoms in total. The van der Waals surface area contributed by atoms with E-state index in [2.05, 4.69) is 10.4 Å². The number of hydrogen-bond donors (Lipinski definition) is 2. The van der Waals surface area contributed by atoms with Crippen molar-refractivity contribution in [2.75, 3.05) is 12.4 Å². The summed E-state index contributed by atoms with van der Waals surface area (Å²) in [5.41, 5.74) is 1.91. The molecular weight excluding hydrogens is 346 g/mol. The van der Waals surface area contributed by atoms with Gasteiger partial charge in [0.25, 0.3) is 11.5 Å². The zero-order valence-electron chi connectivity index (χ0n) is 15.2. The zero-order chi connectivity index (χ0) is 19.6. The van der Waals surface area contributed by atoms with Crippen LogP contribution < -0.4 is 15.6 Å². The lowest BCUT2D eigenvalue weighted by Gasteiger charge is -2.13. The molecule has 0 unspecified atom stereocenters. The molecule has 0 atom stereocenters. The summed E-state index contributed by atoms with van der Waals surface area (Å²) < 4.78 is 6.28. The van der Waals surface area contributed by atoms with E-state index >= 15 is 0 Å². The number of aromatic nitrogens is 2. The minimum atomic E-state index is -0.617. The van der Waals surface area contributed by atoms with E-state index in [9.17, 15) is 14.7 Å². The number of amides is 1.